The zero-order valence-corrected chi connectivity index (χ0v) is 8.09. The summed E-state index contributed by atoms with van der Waals surface area (Å²) in [5.74, 6) is 0.792. The van der Waals surface area contributed by atoms with E-state index in [0.717, 1.165) is 0 Å². The molecular weight excluding hydrogens is 170 g/mol. The molecule has 13 heavy (non-hydrogen) atoms. The molecule has 0 aromatic carbocycles. The van der Waals surface area contributed by atoms with Gasteiger partial charge >= 0.3 is 0 Å². The highest BCUT2D eigenvalue weighted by Gasteiger charge is 2.16. The second kappa shape index (κ2) is 3.61. The van der Waals surface area contributed by atoms with E-state index >= 15 is 0 Å². The molecule has 0 radical (unpaired) electrons. The molecular formula is C7H15N5O. The molecule has 0 amide bonds. The summed E-state index contributed by atoms with van der Waals surface area (Å²) in [5, 5.41) is 9.36. The van der Waals surface area contributed by atoms with Crippen LogP contribution in [0.3, 0.4) is 0 Å². The van der Waals surface area contributed by atoms with Crippen molar-refractivity contribution in [2.75, 3.05) is 24.7 Å². The molecule has 1 aromatic heterocycles. The van der Waals surface area contributed by atoms with Crippen molar-refractivity contribution in [3.05, 3.63) is 0 Å². The molecule has 0 aliphatic rings. The molecule has 1 aromatic rings. The molecule has 4 N–H and O–H groups in total. The fourth-order valence-corrected chi connectivity index (χ4v) is 0.717. The van der Waals surface area contributed by atoms with Crippen LogP contribution in [-0.2, 0) is 4.74 Å². The maximum atomic E-state index is 5.35. The number of rotatable bonds is 4. The third-order valence-corrected chi connectivity index (χ3v) is 1.73. The molecule has 0 spiro atoms. The van der Waals surface area contributed by atoms with Gasteiger partial charge in [0.1, 0.15) is 0 Å². The molecule has 0 aliphatic heterocycles. The van der Waals surface area contributed by atoms with Gasteiger partial charge in [-0.3, -0.25) is 0 Å². The first-order valence-electron chi connectivity index (χ1n) is 4.00. The van der Waals surface area contributed by atoms with Crippen molar-refractivity contribution < 1.29 is 4.74 Å². The van der Waals surface area contributed by atoms with Crippen molar-refractivity contribution in [3.8, 4) is 0 Å². The normalized spacial score (nSPS) is 11.6. The Labute approximate surface area is 76.9 Å². The average molecular weight is 185 g/mol. The summed E-state index contributed by atoms with van der Waals surface area (Å²) in [6, 6.07) is 0. The van der Waals surface area contributed by atoms with E-state index in [1.807, 2.05) is 13.8 Å². The number of nitrogens with one attached hydrogen (secondary N) is 2. The number of aromatic nitrogens is 3. The number of methoxy groups -OCH3 is 1. The first kappa shape index (κ1) is 9.79. The Hall–Kier alpha value is -1.30. The van der Waals surface area contributed by atoms with Gasteiger partial charge in [-0.15, -0.1) is 5.10 Å². The zero-order chi connectivity index (χ0) is 9.90. The number of H-pyrrole nitrogens is 1. The molecule has 0 fully saturated rings. The quantitative estimate of drug-likeness (QED) is 0.624. The lowest BCUT2D eigenvalue weighted by Gasteiger charge is -2.22. The third kappa shape index (κ3) is 2.90. The van der Waals surface area contributed by atoms with Gasteiger partial charge in [0.25, 0.3) is 0 Å². The van der Waals surface area contributed by atoms with Gasteiger partial charge in [0, 0.05) is 13.7 Å². The van der Waals surface area contributed by atoms with Crippen LogP contribution in [0.1, 0.15) is 13.8 Å². The van der Waals surface area contributed by atoms with Gasteiger partial charge < -0.3 is 15.8 Å². The van der Waals surface area contributed by atoms with E-state index in [1.54, 1.807) is 7.11 Å². The number of nitrogens with zero attached hydrogens (tertiary/aromatic N) is 2. The molecule has 0 aliphatic carbocycles. The summed E-state index contributed by atoms with van der Waals surface area (Å²) in [5.41, 5.74) is 5.11. The first-order chi connectivity index (χ1) is 6.03. The Morgan fingerprint density at radius 3 is 2.77 bits per heavy atom. The number of hydrogen-bond acceptors (Lipinski definition) is 5. The predicted octanol–water partition coefficient (Wildman–Crippen LogP) is 0.224. The van der Waals surface area contributed by atoms with E-state index in [2.05, 4.69) is 20.5 Å². The molecule has 6 nitrogen and oxygen atoms in total. The van der Waals surface area contributed by atoms with Gasteiger partial charge in [0.2, 0.25) is 11.9 Å². The maximum absolute atomic E-state index is 5.35. The highest BCUT2D eigenvalue weighted by molar-refractivity contribution is 5.29. The van der Waals surface area contributed by atoms with Crippen LogP contribution in [0.5, 0.6) is 0 Å². The fraction of sp³-hybridized carbons (Fsp3) is 0.714. The Morgan fingerprint density at radius 2 is 2.31 bits per heavy atom. The van der Waals surface area contributed by atoms with E-state index in [4.69, 9.17) is 10.5 Å². The standard InChI is InChI=1S/C7H15N5O/c1-7(2,13-3)4-9-6-10-5(8)11-12-6/h4H2,1-3H3,(H4,8,9,10,11,12). The van der Waals surface area contributed by atoms with E-state index in [-0.39, 0.29) is 5.60 Å². The van der Waals surface area contributed by atoms with Gasteiger partial charge in [-0.25, -0.2) is 5.10 Å². The van der Waals surface area contributed by atoms with Crippen LogP contribution in [0.15, 0.2) is 0 Å². The van der Waals surface area contributed by atoms with Crippen molar-refractivity contribution in [2.24, 2.45) is 0 Å². The SMILES string of the molecule is COC(C)(C)CNc1n[nH]c(N)n1. The minimum atomic E-state index is -0.241. The number of aromatic amines is 1. The van der Waals surface area contributed by atoms with E-state index in [0.29, 0.717) is 18.4 Å². The lowest BCUT2D eigenvalue weighted by Crippen LogP contribution is -2.32. The van der Waals surface area contributed by atoms with Gasteiger partial charge in [-0.2, -0.15) is 4.98 Å². The van der Waals surface area contributed by atoms with Crippen LogP contribution in [0.4, 0.5) is 11.9 Å². The summed E-state index contributed by atoms with van der Waals surface area (Å²) in [7, 11) is 1.66. The summed E-state index contributed by atoms with van der Waals surface area (Å²) in [6.45, 7) is 4.56. The summed E-state index contributed by atoms with van der Waals surface area (Å²) in [6.07, 6.45) is 0. The van der Waals surface area contributed by atoms with Crippen molar-refractivity contribution in [1.29, 1.82) is 0 Å². The molecule has 1 heterocycles. The van der Waals surface area contributed by atoms with Crippen LogP contribution in [0, 0.1) is 0 Å². The number of anilines is 2. The van der Waals surface area contributed by atoms with Crippen LogP contribution < -0.4 is 11.1 Å². The van der Waals surface area contributed by atoms with E-state index in [1.165, 1.54) is 0 Å². The molecule has 0 atom stereocenters. The van der Waals surface area contributed by atoms with Crippen LogP contribution in [0.25, 0.3) is 0 Å². The van der Waals surface area contributed by atoms with Crippen LogP contribution in [0.2, 0.25) is 0 Å². The maximum Gasteiger partial charge on any atom is 0.243 e. The molecule has 74 valence electrons. The highest BCUT2D eigenvalue weighted by atomic mass is 16.5. The second-order valence-corrected chi connectivity index (χ2v) is 3.36. The minimum absolute atomic E-state index is 0.241. The lowest BCUT2D eigenvalue weighted by atomic mass is 10.1. The second-order valence-electron chi connectivity index (χ2n) is 3.36. The third-order valence-electron chi connectivity index (χ3n) is 1.73. The summed E-state index contributed by atoms with van der Waals surface area (Å²) in [4.78, 5) is 3.89. The van der Waals surface area contributed by atoms with E-state index < -0.39 is 0 Å². The van der Waals surface area contributed by atoms with Gasteiger partial charge in [-0.05, 0) is 13.8 Å². The molecule has 6 heteroatoms. The Balaban J connectivity index is 2.43. The average Bonchev–Trinajstić information content (AvgIpc) is 2.48. The first-order valence-corrected chi connectivity index (χ1v) is 4.00. The topological polar surface area (TPSA) is 88.8 Å². The van der Waals surface area contributed by atoms with Gasteiger partial charge in [0.15, 0.2) is 0 Å². The van der Waals surface area contributed by atoms with Crippen LogP contribution in [-0.4, -0.2) is 34.4 Å². The molecule has 0 bridgehead atoms. The zero-order valence-electron chi connectivity index (χ0n) is 8.09. The van der Waals surface area contributed by atoms with Crippen molar-refractivity contribution in [3.63, 3.8) is 0 Å². The number of ether oxygens (including phenoxy) is 1. The predicted molar refractivity (Wildman–Crippen MR) is 50.4 cm³/mol. The van der Waals surface area contributed by atoms with Gasteiger partial charge in [0.05, 0.1) is 5.60 Å². The highest BCUT2D eigenvalue weighted by Crippen LogP contribution is 2.08. The van der Waals surface area contributed by atoms with Gasteiger partial charge in [-0.1, -0.05) is 0 Å². The van der Waals surface area contributed by atoms with Crippen LogP contribution >= 0.6 is 0 Å². The van der Waals surface area contributed by atoms with Crippen molar-refractivity contribution in [1.82, 2.24) is 15.2 Å². The number of nitrogens with two attached hydrogens (primary N) is 1. The number of nitrogen functional groups attached to an aromatic ring is 1. The Morgan fingerprint density at radius 1 is 1.62 bits per heavy atom. The van der Waals surface area contributed by atoms with E-state index in [9.17, 15) is 0 Å². The van der Waals surface area contributed by atoms with Crippen molar-refractivity contribution >= 4 is 11.9 Å². The lowest BCUT2D eigenvalue weighted by molar-refractivity contribution is 0.0342. The Bertz CT molecular complexity index is 270. The minimum Gasteiger partial charge on any atom is -0.377 e. The molecule has 0 unspecified atom stereocenters. The number of hydrogen-bond donors (Lipinski definition) is 3. The monoisotopic (exact) mass is 185 g/mol. The van der Waals surface area contributed by atoms with Crippen molar-refractivity contribution in [2.45, 2.75) is 19.4 Å². The Kier molecular flexibility index (Phi) is 2.72. The molecule has 1 rings (SSSR count). The summed E-state index contributed by atoms with van der Waals surface area (Å²) >= 11 is 0. The fourth-order valence-electron chi connectivity index (χ4n) is 0.717. The largest absolute Gasteiger partial charge is 0.377 e. The molecule has 0 saturated heterocycles. The summed E-state index contributed by atoms with van der Waals surface area (Å²) < 4.78 is 5.21. The molecule has 0 saturated carbocycles. The smallest absolute Gasteiger partial charge is 0.243 e.